The molecule has 0 bridgehead atoms. The lowest BCUT2D eigenvalue weighted by Gasteiger charge is -2.32. The van der Waals surface area contributed by atoms with Crippen molar-refractivity contribution in [2.45, 2.75) is 50.8 Å². The molecule has 0 spiro atoms. The molecule has 3 heterocycles. The number of primary amides is 1. The maximum atomic E-state index is 11.4. The SMILES string of the molecule is CCNC(=NCc1cccnc1N1CCC(C(N)=O)CC1)NCC1(C)CCCS1. The summed E-state index contributed by atoms with van der Waals surface area (Å²) in [5.74, 6) is 2.86. The van der Waals surface area contributed by atoms with Gasteiger partial charge in [-0.25, -0.2) is 9.98 Å². The van der Waals surface area contributed by atoms with Crippen molar-refractivity contribution in [3.8, 4) is 0 Å². The predicted molar refractivity (Wildman–Crippen MR) is 121 cm³/mol. The number of nitrogens with zero attached hydrogens (tertiary/aromatic N) is 3. The Balaban J connectivity index is 1.64. The van der Waals surface area contributed by atoms with Gasteiger partial charge in [0.1, 0.15) is 5.82 Å². The standard InChI is InChI=1S/C21H34N6OS/c1-3-23-20(26-15-21(2)9-5-13-29-21)25-14-17-6-4-10-24-19(17)27-11-7-16(8-12-27)18(22)28/h4,6,10,16H,3,5,7-9,11-15H2,1-2H3,(H2,22,28)(H2,23,25,26). The Morgan fingerprint density at radius 1 is 1.41 bits per heavy atom. The van der Waals surface area contributed by atoms with Crippen molar-refractivity contribution >= 4 is 29.4 Å². The van der Waals surface area contributed by atoms with Crippen LogP contribution < -0.4 is 21.3 Å². The summed E-state index contributed by atoms with van der Waals surface area (Å²) in [7, 11) is 0. The molecule has 0 aliphatic carbocycles. The zero-order valence-corrected chi connectivity index (χ0v) is 18.4. The van der Waals surface area contributed by atoms with Crippen LogP contribution in [0.5, 0.6) is 0 Å². The minimum absolute atomic E-state index is 0.0178. The maximum Gasteiger partial charge on any atom is 0.220 e. The smallest absolute Gasteiger partial charge is 0.220 e. The van der Waals surface area contributed by atoms with E-state index in [1.807, 2.05) is 24.0 Å². The molecule has 2 aliphatic rings. The number of hydrogen-bond acceptors (Lipinski definition) is 5. The predicted octanol–water partition coefficient (Wildman–Crippen LogP) is 2.12. The summed E-state index contributed by atoms with van der Waals surface area (Å²) < 4.78 is 0.292. The lowest BCUT2D eigenvalue weighted by atomic mass is 9.96. The monoisotopic (exact) mass is 418 g/mol. The number of hydrogen-bond donors (Lipinski definition) is 3. The molecular formula is C21H34N6OS. The van der Waals surface area contributed by atoms with E-state index in [0.717, 1.165) is 56.4 Å². The van der Waals surface area contributed by atoms with Gasteiger partial charge in [-0.15, -0.1) is 0 Å². The van der Waals surface area contributed by atoms with Gasteiger partial charge in [-0.3, -0.25) is 4.79 Å². The average molecular weight is 419 g/mol. The zero-order valence-electron chi connectivity index (χ0n) is 17.6. The number of guanidine groups is 1. The highest BCUT2D eigenvalue weighted by atomic mass is 32.2. The fourth-order valence-corrected chi connectivity index (χ4v) is 5.21. The number of carbonyl (C=O) groups excluding carboxylic acids is 1. The average Bonchev–Trinajstić information content (AvgIpc) is 3.17. The van der Waals surface area contributed by atoms with E-state index < -0.39 is 0 Å². The lowest BCUT2D eigenvalue weighted by Crippen LogP contribution is -2.43. The van der Waals surface area contributed by atoms with Crippen molar-refractivity contribution in [3.05, 3.63) is 23.9 Å². The van der Waals surface area contributed by atoms with E-state index in [2.05, 4.69) is 40.4 Å². The number of amides is 1. The van der Waals surface area contributed by atoms with Gasteiger partial charge in [0.05, 0.1) is 6.54 Å². The van der Waals surface area contributed by atoms with Crippen LogP contribution in [-0.4, -0.2) is 53.5 Å². The molecule has 2 saturated heterocycles. The second kappa shape index (κ2) is 10.2. The van der Waals surface area contributed by atoms with Crippen molar-refractivity contribution in [2.24, 2.45) is 16.6 Å². The molecule has 0 saturated carbocycles. The summed E-state index contributed by atoms with van der Waals surface area (Å²) in [4.78, 5) is 23.1. The van der Waals surface area contributed by atoms with Crippen LogP contribution in [0.15, 0.2) is 23.3 Å². The molecule has 1 aromatic rings. The van der Waals surface area contributed by atoms with Crippen LogP contribution in [0.4, 0.5) is 5.82 Å². The van der Waals surface area contributed by atoms with E-state index in [9.17, 15) is 4.79 Å². The number of nitrogens with one attached hydrogen (secondary N) is 2. The summed E-state index contributed by atoms with van der Waals surface area (Å²) in [6.45, 7) is 8.33. The molecule has 1 aromatic heterocycles. The van der Waals surface area contributed by atoms with Crippen molar-refractivity contribution < 1.29 is 4.79 Å². The summed E-state index contributed by atoms with van der Waals surface area (Å²) in [5.41, 5.74) is 6.57. The first-order chi connectivity index (χ1) is 14.0. The molecule has 2 fully saturated rings. The normalized spacial score (nSPS) is 23.2. The van der Waals surface area contributed by atoms with Crippen LogP contribution in [-0.2, 0) is 11.3 Å². The van der Waals surface area contributed by atoms with Crippen molar-refractivity contribution in [1.82, 2.24) is 15.6 Å². The summed E-state index contributed by atoms with van der Waals surface area (Å²) >= 11 is 2.05. The Bertz CT molecular complexity index is 711. The molecule has 8 heteroatoms. The fourth-order valence-electron chi connectivity index (χ4n) is 3.97. The quantitative estimate of drug-likeness (QED) is 0.464. The second-order valence-electron chi connectivity index (χ2n) is 8.10. The van der Waals surface area contributed by atoms with Gasteiger partial charge in [-0.2, -0.15) is 11.8 Å². The van der Waals surface area contributed by atoms with E-state index in [0.29, 0.717) is 11.3 Å². The van der Waals surface area contributed by atoms with Crippen LogP contribution in [0, 0.1) is 5.92 Å². The van der Waals surface area contributed by atoms with E-state index in [-0.39, 0.29) is 11.8 Å². The minimum Gasteiger partial charge on any atom is -0.369 e. The van der Waals surface area contributed by atoms with E-state index in [1.54, 1.807) is 0 Å². The molecule has 0 radical (unpaired) electrons. The molecule has 1 atom stereocenters. The number of aromatic nitrogens is 1. The number of anilines is 1. The van der Waals surface area contributed by atoms with E-state index >= 15 is 0 Å². The van der Waals surface area contributed by atoms with Crippen LogP contribution in [0.2, 0.25) is 0 Å². The maximum absolute atomic E-state index is 11.4. The van der Waals surface area contributed by atoms with Gasteiger partial charge in [-0.05, 0) is 51.3 Å². The fraction of sp³-hybridized carbons (Fsp3) is 0.667. The molecule has 29 heavy (non-hydrogen) atoms. The highest BCUT2D eigenvalue weighted by molar-refractivity contribution is 8.00. The van der Waals surface area contributed by atoms with E-state index in [1.165, 1.54) is 18.6 Å². The van der Waals surface area contributed by atoms with Crippen molar-refractivity contribution in [2.75, 3.05) is 36.8 Å². The Morgan fingerprint density at radius 2 is 2.21 bits per heavy atom. The third-order valence-electron chi connectivity index (χ3n) is 5.75. The van der Waals surface area contributed by atoms with Gasteiger partial charge in [0.15, 0.2) is 5.96 Å². The first-order valence-electron chi connectivity index (χ1n) is 10.6. The Hall–Kier alpha value is -1.96. The molecule has 0 aromatic carbocycles. The molecular weight excluding hydrogens is 384 g/mol. The van der Waals surface area contributed by atoms with Gasteiger partial charge in [0.2, 0.25) is 5.91 Å². The second-order valence-corrected chi connectivity index (χ2v) is 9.78. The Morgan fingerprint density at radius 3 is 2.86 bits per heavy atom. The molecule has 160 valence electrons. The largest absolute Gasteiger partial charge is 0.369 e. The lowest BCUT2D eigenvalue weighted by molar-refractivity contribution is -0.122. The number of aliphatic imine (C=N–C) groups is 1. The Labute approximate surface area is 178 Å². The van der Waals surface area contributed by atoms with Crippen molar-refractivity contribution in [3.63, 3.8) is 0 Å². The third kappa shape index (κ3) is 6.01. The summed E-state index contributed by atoms with van der Waals surface area (Å²) in [6.07, 6.45) is 5.94. The first kappa shape index (κ1) is 21.7. The number of rotatable bonds is 7. The number of carbonyl (C=O) groups is 1. The van der Waals surface area contributed by atoms with E-state index in [4.69, 9.17) is 10.7 Å². The molecule has 1 amide bonds. The van der Waals surface area contributed by atoms with Crippen LogP contribution in [0.3, 0.4) is 0 Å². The molecule has 4 N–H and O–H groups in total. The molecule has 3 rings (SSSR count). The zero-order chi connectivity index (χ0) is 20.7. The number of piperidine rings is 1. The van der Waals surface area contributed by atoms with Gasteiger partial charge in [0, 0.05) is 48.6 Å². The first-order valence-corrected chi connectivity index (χ1v) is 11.6. The number of nitrogens with two attached hydrogens (primary N) is 1. The van der Waals surface area contributed by atoms with Crippen LogP contribution >= 0.6 is 11.8 Å². The van der Waals surface area contributed by atoms with Gasteiger partial charge in [-0.1, -0.05) is 6.07 Å². The van der Waals surface area contributed by atoms with Gasteiger partial charge < -0.3 is 21.3 Å². The highest BCUT2D eigenvalue weighted by Gasteiger charge is 2.29. The van der Waals surface area contributed by atoms with Gasteiger partial charge >= 0.3 is 0 Å². The molecule has 1 unspecified atom stereocenters. The van der Waals surface area contributed by atoms with Crippen LogP contribution in [0.25, 0.3) is 0 Å². The summed E-state index contributed by atoms with van der Waals surface area (Å²) in [6, 6.07) is 4.05. The molecule has 7 nitrogen and oxygen atoms in total. The molecule has 2 aliphatic heterocycles. The van der Waals surface area contributed by atoms with Gasteiger partial charge in [0.25, 0.3) is 0 Å². The van der Waals surface area contributed by atoms with Crippen LogP contribution in [0.1, 0.15) is 45.1 Å². The highest BCUT2D eigenvalue weighted by Crippen LogP contribution is 2.36. The minimum atomic E-state index is -0.189. The topological polar surface area (TPSA) is 95.6 Å². The summed E-state index contributed by atoms with van der Waals surface area (Å²) in [5, 5.41) is 6.88. The number of thioether (sulfide) groups is 1. The Kier molecular flexibility index (Phi) is 7.64. The third-order valence-corrected chi connectivity index (χ3v) is 7.28. The van der Waals surface area contributed by atoms with Crippen molar-refractivity contribution in [1.29, 1.82) is 0 Å². The number of pyridine rings is 1.